The first-order valence-electron chi connectivity index (χ1n) is 7.25. The molecule has 0 unspecified atom stereocenters. The Hall–Kier alpha value is -2.40. The van der Waals surface area contributed by atoms with Gasteiger partial charge in [0.15, 0.2) is 0 Å². The molecule has 0 saturated carbocycles. The van der Waals surface area contributed by atoms with E-state index in [9.17, 15) is 4.79 Å². The van der Waals surface area contributed by atoms with Gasteiger partial charge in [0.2, 0.25) is 0 Å². The highest BCUT2D eigenvalue weighted by Crippen LogP contribution is 2.31. The summed E-state index contributed by atoms with van der Waals surface area (Å²) in [4.78, 5) is 11.1. The highest BCUT2D eigenvalue weighted by Gasteiger charge is 2.06. The topological polar surface area (TPSA) is 56.8 Å². The van der Waals surface area contributed by atoms with Crippen LogP contribution in [-0.2, 0) is 4.74 Å². The fourth-order valence-electron chi connectivity index (χ4n) is 1.78. The molecule has 6 heteroatoms. The lowest BCUT2D eigenvalue weighted by molar-refractivity contribution is 0.150. The summed E-state index contributed by atoms with van der Waals surface area (Å²) in [6, 6.07) is 14.6. The molecule has 2 aromatic carbocycles. The monoisotopic (exact) mass is 335 g/mol. The van der Waals surface area contributed by atoms with Gasteiger partial charge < -0.3 is 19.5 Å². The maximum absolute atomic E-state index is 11.1. The van der Waals surface area contributed by atoms with Gasteiger partial charge in [-0.2, -0.15) is 0 Å². The lowest BCUT2D eigenvalue weighted by Gasteiger charge is -2.11. The van der Waals surface area contributed by atoms with Crippen LogP contribution in [0.25, 0.3) is 0 Å². The number of alkyl carbamates (subject to hydrolysis) is 1. The zero-order valence-corrected chi connectivity index (χ0v) is 13.5. The lowest BCUT2D eigenvalue weighted by atomic mass is 10.3. The Kier molecular flexibility index (Phi) is 6.56. The van der Waals surface area contributed by atoms with Gasteiger partial charge in [0, 0.05) is 6.07 Å². The van der Waals surface area contributed by atoms with Crippen LogP contribution in [-0.4, -0.2) is 25.9 Å². The summed E-state index contributed by atoms with van der Waals surface area (Å²) in [6.45, 7) is 2.66. The molecule has 1 N–H and O–H groups in total. The third kappa shape index (κ3) is 5.71. The summed E-state index contributed by atoms with van der Waals surface area (Å²) in [5.74, 6) is 1.84. The Bertz CT molecular complexity index is 634. The fraction of sp³-hybridized carbons (Fsp3) is 0.235. The summed E-state index contributed by atoms with van der Waals surface area (Å²) in [5, 5.41) is 3.04. The average Bonchev–Trinajstić information content (AvgIpc) is 2.55. The van der Waals surface area contributed by atoms with Crippen molar-refractivity contribution in [2.45, 2.75) is 6.92 Å². The van der Waals surface area contributed by atoms with Crippen molar-refractivity contribution in [2.24, 2.45) is 0 Å². The molecule has 0 aliphatic heterocycles. The second kappa shape index (κ2) is 8.90. The third-order valence-corrected chi connectivity index (χ3v) is 3.10. The molecule has 1 amide bonds. The highest BCUT2D eigenvalue weighted by atomic mass is 35.5. The maximum atomic E-state index is 11.1. The number of amides is 1. The molecule has 0 fully saturated rings. The average molecular weight is 336 g/mol. The van der Waals surface area contributed by atoms with Crippen LogP contribution >= 0.6 is 11.6 Å². The van der Waals surface area contributed by atoms with Crippen LogP contribution in [0.5, 0.6) is 17.2 Å². The standard InChI is InChI=1S/C17H18ClNO4/c1-2-21-17(20)19-10-11-22-16-12-14(8-9-15(16)18)23-13-6-4-3-5-7-13/h3-9,12H,2,10-11H2,1H3,(H,19,20). The number of ether oxygens (including phenoxy) is 3. The van der Waals surface area contributed by atoms with Gasteiger partial charge >= 0.3 is 6.09 Å². The number of benzene rings is 2. The number of hydrogen-bond donors (Lipinski definition) is 1. The molecule has 0 saturated heterocycles. The molecule has 0 spiro atoms. The normalized spacial score (nSPS) is 10.0. The van der Waals surface area contributed by atoms with E-state index in [-0.39, 0.29) is 6.61 Å². The summed E-state index contributed by atoms with van der Waals surface area (Å²) in [7, 11) is 0. The zero-order valence-electron chi connectivity index (χ0n) is 12.8. The number of carbonyl (C=O) groups is 1. The van der Waals surface area contributed by atoms with Crippen molar-refractivity contribution in [2.75, 3.05) is 19.8 Å². The molecule has 0 aromatic heterocycles. The third-order valence-electron chi connectivity index (χ3n) is 2.79. The second-order valence-electron chi connectivity index (χ2n) is 4.50. The van der Waals surface area contributed by atoms with Gasteiger partial charge in [-0.1, -0.05) is 29.8 Å². The molecular formula is C17H18ClNO4. The van der Waals surface area contributed by atoms with Crippen LogP contribution in [0.15, 0.2) is 48.5 Å². The van der Waals surface area contributed by atoms with E-state index in [1.807, 2.05) is 30.3 Å². The van der Waals surface area contributed by atoms with Gasteiger partial charge in [-0.3, -0.25) is 0 Å². The van der Waals surface area contributed by atoms with E-state index in [0.29, 0.717) is 29.7 Å². The Labute approximate surface area is 140 Å². The van der Waals surface area contributed by atoms with Crippen molar-refractivity contribution in [1.82, 2.24) is 5.32 Å². The van der Waals surface area contributed by atoms with Crippen LogP contribution in [0.2, 0.25) is 5.02 Å². The van der Waals surface area contributed by atoms with Crippen molar-refractivity contribution in [3.63, 3.8) is 0 Å². The molecule has 0 aliphatic carbocycles. The predicted molar refractivity (Wildman–Crippen MR) is 88.5 cm³/mol. The Morgan fingerprint density at radius 2 is 1.91 bits per heavy atom. The van der Waals surface area contributed by atoms with E-state index in [1.54, 1.807) is 25.1 Å². The number of carbonyl (C=O) groups excluding carboxylic acids is 1. The summed E-state index contributed by atoms with van der Waals surface area (Å²) in [5.41, 5.74) is 0. The SMILES string of the molecule is CCOC(=O)NCCOc1cc(Oc2ccccc2)ccc1Cl. The van der Waals surface area contributed by atoms with Crippen LogP contribution in [0.1, 0.15) is 6.92 Å². The van der Waals surface area contributed by atoms with Gasteiger partial charge in [-0.25, -0.2) is 4.79 Å². The molecule has 122 valence electrons. The molecule has 0 radical (unpaired) electrons. The minimum atomic E-state index is -0.469. The van der Waals surface area contributed by atoms with E-state index < -0.39 is 6.09 Å². The Morgan fingerprint density at radius 1 is 1.13 bits per heavy atom. The van der Waals surface area contributed by atoms with Gasteiger partial charge in [-0.05, 0) is 31.2 Å². The number of rotatable bonds is 7. The Balaban J connectivity index is 1.89. The number of hydrogen-bond acceptors (Lipinski definition) is 4. The molecule has 23 heavy (non-hydrogen) atoms. The summed E-state index contributed by atoms with van der Waals surface area (Å²) in [6.07, 6.45) is -0.469. The molecule has 0 heterocycles. The van der Waals surface area contributed by atoms with Crippen molar-refractivity contribution in [1.29, 1.82) is 0 Å². The van der Waals surface area contributed by atoms with Crippen molar-refractivity contribution >= 4 is 17.7 Å². The Morgan fingerprint density at radius 3 is 2.65 bits per heavy atom. The van der Waals surface area contributed by atoms with Crippen molar-refractivity contribution in [3.8, 4) is 17.2 Å². The van der Waals surface area contributed by atoms with E-state index in [1.165, 1.54) is 0 Å². The summed E-state index contributed by atoms with van der Waals surface area (Å²) < 4.78 is 16.0. The molecule has 5 nitrogen and oxygen atoms in total. The highest BCUT2D eigenvalue weighted by molar-refractivity contribution is 6.32. The number of halogens is 1. The quantitative estimate of drug-likeness (QED) is 0.768. The smallest absolute Gasteiger partial charge is 0.407 e. The second-order valence-corrected chi connectivity index (χ2v) is 4.91. The molecule has 2 rings (SSSR count). The van der Waals surface area contributed by atoms with Crippen LogP contribution in [0, 0.1) is 0 Å². The molecular weight excluding hydrogens is 318 g/mol. The van der Waals surface area contributed by atoms with E-state index in [0.717, 1.165) is 5.75 Å². The van der Waals surface area contributed by atoms with E-state index >= 15 is 0 Å². The maximum Gasteiger partial charge on any atom is 0.407 e. The molecule has 0 bridgehead atoms. The minimum Gasteiger partial charge on any atom is -0.490 e. The molecule has 0 atom stereocenters. The number of nitrogens with one attached hydrogen (secondary N) is 1. The van der Waals surface area contributed by atoms with Crippen molar-refractivity contribution < 1.29 is 19.0 Å². The minimum absolute atomic E-state index is 0.271. The first-order chi connectivity index (χ1) is 11.2. The van der Waals surface area contributed by atoms with Crippen LogP contribution in [0.4, 0.5) is 4.79 Å². The van der Waals surface area contributed by atoms with Gasteiger partial charge in [0.25, 0.3) is 0 Å². The number of para-hydroxylation sites is 1. The van der Waals surface area contributed by atoms with Gasteiger partial charge in [-0.15, -0.1) is 0 Å². The molecule has 2 aromatic rings. The van der Waals surface area contributed by atoms with Gasteiger partial charge in [0.05, 0.1) is 18.2 Å². The van der Waals surface area contributed by atoms with E-state index in [4.69, 9.17) is 25.8 Å². The van der Waals surface area contributed by atoms with Crippen molar-refractivity contribution in [3.05, 3.63) is 53.6 Å². The first kappa shape index (κ1) is 17.0. The van der Waals surface area contributed by atoms with Crippen LogP contribution in [0.3, 0.4) is 0 Å². The van der Waals surface area contributed by atoms with E-state index in [2.05, 4.69) is 5.32 Å². The fourth-order valence-corrected chi connectivity index (χ4v) is 1.95. The predicted octanol–water partition coefficient (Wildman–Crippen LogP) is 4.26. The van der Waals surface area contributed by atoms with Crippen LogP contribution < -0.4 is 14.8 Å². The zero-order chi connectivity index (χ0) is 16.5. The lowest BCUT2D eigenvalue weighted by Crippen LogP contribution is -2.28. The molecule has 0 aliphatic rings. The van der Waals surface area contributed by atoms with Gasteiger partial charge in [0.1, 0.15) is 23.9 Å². The first-order valence-corrected chi connectivity index (χ1v) is 7.62. The summed E-state index contributed by atoms with van der Waals surface area (Å²) >= 11 is 6.10. The largest absolute Gasteiger partial charge is 0.490 e.